The van der Waals surface area contributed by atoms with Crippen molar-refractivity contribution >= 4 is 23.4 Å². The third-order valence-electron chi connectivity index (χ3n) is 5.31. The second-order valence-corrected chi connectivity index (χ2v) is 7.49. The summed E-state index contributed by atoms with van der Waals surface area (Å²) in [7, 11) is 1.28. The molecular formula is C21H23F3N4O4. The molecule has 2 atom stereocenters. The van der Waals surface area contributed by atoms with E-state index in [-0.39, 0.29) is 30.7 Å². The zero-order chi connectivity index (χ0) is 23.6. The van der Waals surface area contributed by atoms with Crippen molar-refractivity contribution < 1.29 is 33.7 Å². The molecule has 32 heavy (non-hydrogen) atoms. The fourth-order valence-electron chi connectivity index (χ4n) is 3.51. The highest BCUT2D eigenvalue weighted by Gasteiger charge is 2.48. The van der Waals surface area contributed by atoms with Crippen LogP contribution in [0.4, 0.5) is 18.9 Å². The van der Waals surface area contributed by atoms with Gasteiger partial charge >= 0.3 is 11.8 Å². The molecule has 1 fully saturated rings. The predicted octanol–water partition coefficient (Wildman–Crippen LogP) is 2.76. The summed E-state index contributed by atoms with van der Waals surface area (Å²) in [6.07, 6.45) is 0.440. The number of benzene rings is 1. The van der Waals surface area contributed by atoms with E-state index in [1.54, 1.807) is 0 Å². The first-order valence-electron chi connectivity index (χ1n) is 9.62. The number of nitrogens with one attached hydrogen (secondary N) is 1. The van der Waals surface area contributed by atoms with Crippen molar-refractivity contribution in [2.24, 2.45) is 11.7 Å². The number of carbonyl (C=O) groups excluding carboxylic acids is 3. The Kier molecular flexibility index (Phi) is 6.37. The quantitative estimate of drug-likeness (QED) is 0.693. The number of halogens is 3. The number of hydrogen-bond donors (Lipinski definition) is 2. The van der Waals surface area contributed by atoms with Gasteiger partial charge in [0.25, 0.3) is 11.8 Å². The molecule has 2 aromatic rings. The number of hydrogen-bond acceptors (Lipinski definition) is 5. The van der Waals surface area contributed by atoms with Gasteiger partial charge in [0.05, 0.1) is 25.0 Å². The van der Waals surface area contributed by atoms with Crippen molar-refractivity contribution in [1.82, 2.24) is 9.88 Å². The zero-order valence-electron chi connectivity index (χ0n) is 17.3. The minimum atomic E-state index is -3.08. The van der Waals surface area contributed by atoms with Crippen molar-refractivity contribution in [1.29, 1.82) is 0 Å². The molecule has 0 radical (unpaired) electrons. The highest BCUT2D eigenvalue weighted by Crippen LogP contribution is 2.43. The number of piperidine rings is 1. The average molecular weight is 452 g/mol. The molecule has 3 N–H and O–H groups in total. The summed E-state index contributed by atoms with van der Waals surface area (Å²) in [5.74, 6) is -7.93. The molecule has 2 heterocycles. The number of alkyl halides is 2. The molecule has 11 heteroatoms. The van der Waals surface area contributed by atoms with Gasteiger partial charge in [-0.15, -0.1) is 0 Å². The summed E-state index contributed by atoms with van der Waals surface area (Å²) < 4.78 is 47.0. The summed E-state index contributed by atoms with van der Waals surface area (Å²) in [4.78, 5) is 42.0. The Morgan fingerprint density at radius 1 is 1.28 bits per heavy atom. The smallest absolute Gasteiger partial charge is 0.313 e. The minimum absolute atomic E-state index is 0. The van der Waals surface area contributed by atoms with E-state index in [0.29, 0.717) is 0 Å². The topological polar surface area (TPSA) is 115 Å². The first-order chi connectivity index (χ1) is 15.0. The molecular weight excluding hydrogens is 429 g/mol. The summed E-state index contributed by atoms with van der Waals surface area (Å²) in [5, 5.41) is 2.30. The third-order valence-corrected chi connectivity index (χ3v) is 5.31. The van der Waals surface area contributed by atoms with Crippen molar-refractivity contribution in [3.8, 4) is 5.88 Å². The molecule has 0 saturated carbocycles. The Morgan fingerprint density at radius 2 is 1.94 bits per heavy atom. The molecule has 1 aliphatic rings. The summed E-state index contributed by atoms with van der Waals surface area (Å²) in [5.41, 5.74) is 5.41. The first kappa shape index (κ1) is 23.0. The Bertz CT molecular complexity index is 1050. The van der Waals surface area contributed by atoms with Gasteiger partial charge in [-0.1, -0.05) is 19.1 Å². The van der Waals surface area contributed by atoms with Crippen LogP contribution in [0.15, 0.2) is 36.5 Å². The van der Waals surface area contributed by atoms with Crippen LogP contribution in [0.5, 0.6) is 5.88 Å². The van der Waals surface area contributed by atoms with Crippen molar-refractivity contribution in [3.63, 3.8) is 0 Å². The van der Waals surface area contributed by atoms with Crippen molar-refractivity contribution in [2.45, 2.75) is 25.3 Å². The number of pyridine rings is 1. The van der Waals surface area contributed by atoms with Gasteiger partial charge in [-0.25, -0.2) is 18.2 Å². The highest BCUT2D eigenvalue weighted by atomic mass is 19.3. The SMILES string of the molecule is COc1ncc(NC(=O)C(=O)N2C[C@@H](C)C(F)(F)C[C@@H]2c2ccc(F)cc2)cc1C(N)=O.[HH]. The normalized spacial score (nSPS) is 19.8. The lowest BCUT2D eigenvalue weighted by molar-refractivity contribution is -0.159. The molecule has 0 unspecified atom stereocenters. The Labute approximate surface area is 183 Å². The van der Waals surface area contributed by atoms with E-state index in [1.165, 1.54) is 32.2 Å². The first-order valence-corrected chi connectivity index (χ1v) is 9.62. The van der Waals surface area contributed by atoms with Crippen LogP contribution in [0.1, 0.15) is 36.7 Å². The van der Waals surface area contributed by atoms with E-state index in [0.717, 1.165) is 23.2 Å². The lowest BCUT2D eigenvalue weighted by Crippen LogP contribution is -2.52. The van der Waals surface area contributed by atoms with Crippen LogP contribution in [-0.4, -0.2) is 47.2 Å². The van der Waals surface area contributed by atoms with E-state index in [2.05, 4.69) is 10.3 Å². The minimum Gasteiger partial charge on any atom is -0.480 e. The molecule has 3 rings (SSSR count). The van der Waals surface area contributed by atoms with Crippen LogP contribution in [0.2, 0.25) is 0 Å². The standard InChI is InChI=1S/C21H21F3N4O4.H2/c1-11-10-28(16(8-21(11,23)24)12-3-5-13(22)6-4-12)20(31)18(30)27-14-7-15(17(25)29)19(32-2)26-9-14;/h3-7,9,11,16H,8,10H2,1-2H3,(H2,25,29)(H,27,30);1H/t11-,16-;/m1./s1. The Hall–Kier alpha value is -3.63. The van der Waals surface area contributed by atoms with Gasteiger partial charge in [0.1, 0.15) is 11.4 Å². The van der Waals surface area contributed by atoms with Crippen LogP contribution < -0.4 is 15.8 Å². The number of aromatic nitrogens is 1. The molecule has 3 amide bonds. The lowest BCUT2D eigenvalue weighted by atomic mass is 9.86. The average Bonchev–Trinajstić information content (AvgIpc) is 2.75. The van der Waals surface area contributed by atoms with Crippen LogP contribution in [0.25, 0.3) is 0 Å². The second-order valence-electron chi connectivity index (χ2n) is 7.49. The van der Waals surface area contributed by atoms with Gasteiger partial charge < -0.3 is 20.7 Å². The predicted molar refractivity (Wildman–Crippen MR) is 110 cm³/mol. The second kappa shape index (κ2) is 8.85. The third kappa shape index (κ3) is 4.66. The maximum Gasteiger partial charge on any atom is 0.313 e. The van der Waals surface area contributed by atoms with Gasteiger partial charge in [-0.05, 0) is 23.8 Å². The summed E-state index contributed by atoms with van der Waals surface area (Å²) in [6, 6.07) is 4.86. The summed E-state index contributed by atoms with van der Waals surface area (Å²) >= 11 is 0. The molecule has 172 valence electrons. The van der Waals surface area contributed by atoms with E-state index >= 15 is 0 Å². The van der Waals surface area contributed by atoms with E-state index < -0.39 is 47.8 Å². The number of methoxy groups -OCH3 is 1. The number of anilines is 1. The van der Waals surface area contributed by atoms with Crippen LogP contribution in [0, 0.1) is 11.7 Å². The fraction of sp³-hybridized carbons (Fsp3) is 0.333. The van der Waals surface area contributed by atoms with E-state index in [4.69, 9.17) is 10.5 Å². The fourth-order valence-corrected chi connectivity index (χ4v) is 3.51. The number of carbonyl (C=O) groups is 3. The monoisotopic (exact) mass is 452 g/mol. The molecule has 0 spiro atoms. The lowest BCUT2D eigenvalue weighted by Gasteiger charge is -2.42. The van der Waals surface area contributed by atoms with Gasteiger partial charge in [0.15, 0.2) is 0 Å². The maximum atomic E-state index is 14.4. The van der Waals surface area contributed by atoms with Gasteiger partial charge in [0, 0.05) is 20.3 Å². The molecule has 1 aromatic heterocycles. The van der Waals surface area contributed by atoms with E-state index in [9.17, 15) is 27.6 Å². The van der Waals surface area contributed by atoms with Crippen LogP contribution in [-0.2, 0) is 9.59 Å². The molecule has 0 bridgehead atoms. The molecule has 1 aliphatic heterocycles. The zero-order valence-corrected chi connectivity index (χ0v) is 17.3. The van der Waals surface area contributed by atoms with Crippen molar-refractivity contribution in [2.75, 3.05) is 19.0 Å². The Morgan fingerprint density at radius 3 is 2.53 bits per heavy atom. The Balaban J connectivity index is 0.00000385. The highest BCUT2D eigenvalue weighted by molar-refractivity contribution is 6.39. The van der Waals surface area contributed by atoms with Crippen molar-refractivity contribution in [3.05, 3.63) is 53.5 Å². The number of likely N-dealkylation sites (tertiary alicyclic amines) is 1. The largest absolute Gasteiger partial charge is 0.480 e. The number of nitrogens with two attached hydrogens (primary N) is 1. The maximum absolute atomic E-state index is 14.4. The number of rotatable bonds is 4. The van der Waals surface area contributed by atoms with E-state index in [1.807, 2.05) is 0 Å². The number of nitrogens with zero attached hydrogens (tertiary/aromatic N) is 2. The van der Waals surface area contributed by atoms with Crippen LogP contribution in [0.3, 0.4) is 0 Å². The summed E-state index contributed by atoms with van der Waals surface area (Å²) in [6.45, 7) is 0.903. The van der Waals surface area contributed by atoms with Gasteiger partial charge in [-0.3, -0.25) is 14.4 Å². The number of primary amides is 1. The van der Waals surface area contributed by atoms with Crippen LogP contribution >= 0.6 is 0 Å². The number of amides is 3. The molecule has 1 aromatic carbocycles. The van der Waals surface area contributed by atoms with Gasteiger partial charge in [-0.2, -0.15) is 0 Å². The van der Waals surface area contributed by atoms with Gasteiger partial charge in [0.2, 0.25) is 5.88 Å². The molecule has 1 saturated heterocycles. The number of ether oxygens (including phenoxy) is 1. The molecule has 8 nitrogen and oxygen atoms in total. The molecule has 0 aliphatic carbocycles.